The lowest BCUT2D eigenvalue weighted by Crippen LogP contribution is -2.62. The van der Waals surface area contributed by atoms with Crippen LogP contribution >= 0.6 is 0 Å². The van der Waals surface area contributed by atoms with Crippen molar-refractivity contribution in [2.45, 2.75) is 63.2 Å². The van der Waals surface area contributed by atoms with Crippen molar-refractivity contribution in [3.8, 4) is 0 Å². The number of methoxy groups -OCH3 is 1. The summed E-state index contributed by atoms with van der Waals surface area (Å²) in [5, 5.41) is 25.4. The average molecular weight is 539 g/mol. The summed E-state index contributed by atoms with van der Waals surface area (Å²) >= 11 is 0. The second kappa shape index (κ2) is 14.7. The van der Waals surface area contributed by atoms with E-state index in [-0.39, 0.29) is 19.4 Å². The lowest BCUT2D eigenvalue weighted by atomic mass is 9.63. The lowest BCUT2D eigenvalue weighted by Gasteiger charge is -2.34. The molecule has 2 aromatic carbocycles. The fourth-order valence-electron chi connectivity index (χ4n) is 4.66. The van der Waals surface area contributed by atoms with Crippen LogP contribution in [0.25, 0.3) is 0 Å². The summed E-state index contributed by atoms with van der Waals surface area (Å²) < 4.78 is 10.4. The zero-order valence-electron chi connectivity index (χ0n) is 22.5. The molecule has 1 saturated heterocycles. The van der Waals surface area contributed by atoms with Gasteiger partial charge in [0.25, 0.3) is 0 Å². The molecule has 1 aliphatic rings. The van der Waals surface area contributed by atoms with E-state index in [4.69, 9.17) is 9.47 Å². The van der Waals surface area contributed by atoms with Gasteiger partial charge in [-0.05, 0) is 43.7 Å². The van der Waals surface area contributed by atoms with Crippen LogP contribution in [0.15, 0.2) is 60.7 Å². The number of rotatable bonds is 13. The van der Waals surface area contributed by atoms with Crippen LogP contribution in [-0.4, -0.2) is 77.8 Å². The normalized spacial score (nSPS) is 17.1. The van der Waals surface area contributed by atoms with Gasteiger partial charge in [-0.1, -0.05) is 60.7 Å². The molecule has 4 N–H and O–H groups in total. The highest BCUT2D eigenvalue weighted by Gasteiger charge is 2.43. The Morgan fingerprint density at radius 2 is 1.72 bits per heavy atom. The molecule has 0 bridgehead atoms. The minimum atomic E-state index is -1.80. The minimum Gasteiger partial charge on any atom is -0.445 e. The van der Waals surface area contributed by atoms with Gasteiger partial charge in [0.2, 0.25) is 11.8 Å². The van der Waals surface area contributed by atoms with Crippen molar-refractivity contribution >= 4 is 25.0 Å². The predicted octanol–water partition coefficient (Wildman–Crippen LogP) is 1.83. The topological polar surface area (TPSA) is 137 Å². The van der Waals surface area contributed by atoms with E-state index in [0.29, 0.717) is 32.4 Å². The van der Waals surface area contributed by atoms with Gasteiger partial charge < -0.3 is 35.1 Å². The number of nitrogens with one attached hydrogen (secondary N) is 2. The van der Waals surface area contributed by atoms with Crippen molar-refractivity contribution in [2.24, 2.45) is 0 Å². The number of ether oxygens (including phenoxy) is 2. The van der Waals surface area contributed by atoms with Crippen molar-refractivity contribution in [2.75, 3.05) is 20.3 Å². The summed E-state index contributed by atoms with van der Waals surface area (Å²) in [6, 6.07) is 16.7. The van der Waals surface area contributed by atoms with E-state index < -0.39 is 42.5 Å². The molecule has 10 nitrogen and oxygen atoms in total. The van der Waals surface area contributed by atoms with E-state index in [1.165, 1.54) is 4.90 Å². The molecule has 3 rings (SSSR count). The Hall–Kier alpha value is -3.41. The zero-order chi connectivity index (χ0) is 28.3. The van der Waals surface area contributed by atoms with Crippen molar-refractivity contribution in [1.29, 1.82) is 0 Å². The van der Waals surface area contributed by atoms with Gasteiger partial charge in [-0.15, -0.1) is 0 Å². The second-order valence-electron chi connectivity index (χ2n) is 10.0. The molecular formula is C28H38BN3O7. The molecule has 3 amide bonds. The van der Waals surface area contributed by atoms with E-state index in [0.717, 1.165) is 11.1 Å². The first-order valence-electron chi connectivity index (χ1n) is 13.2. The number of carbonyl (C=O) groups is 3. The van der Waals surface area contributed by atoms with Gasteiger partial charge in [0.15, 0.2) is 0 Å². The number of benzene rings is 2. The third kappa shape index (κ3) is 8.81. The van der Waals surface area contributed by atoms with Crippen LogP contribution in [0.3, 0.4) is 0 Å². The Bertz CT molecular complexity index is 1070. The highest BCUT2D eigenvalue weighted by molar-refractivity contribution is 6.46. The molecule has 0 radical (unpaired) electrons. The summed E-state index contributed by atoms with van der Waals surface area (Å²) in [4.78, 5) is 41.2. The third-order valence-electron chi connectivity index (χ3n) is 6.95. The highest BCUT2D eigenvalue weighted by atomic mass is 16.5. The van der Waals surface area contributed by atoms with Crippen LogP contribution in [0.5, 0.6) is 0 Å². The molecule has 3 atom stereocenters. The van der Waals surface area contributed by atoms with E-state index in [2.05, 4.69) is 10.6 Å². The molecule has 0 unspecified atom stereocenters. The molecule has 1 aliphatic heterocycles. The quantitative estimate of drug-likeness (QED) is 0.225. The van der Waals surface area contributed by atoms with Gasteiger partial charge >= 0.3 is 13.2 Å². The first kappa shape index (κ1) is 30.1. The van der Waals surface area contributed by atoms with Gasteiger partial charge in [0, 0.05) is 26.7 Å². The van der Waals surface area contributed by atoms with Crippen molar-refractivity contribution in [3.05, 3.63) is 71.8 Å². The molecule has 11 heteroatoms. The number of alkyl carbamates (subject to hydrolysis) is 1. The molecule has 0 aliphatic carbocycles. The number of hydrogen-bond donors (Lipinski definition) is 4. The number of nitrogens with zero attached hydrogens (tertiary/aromatic N) is 1. The first-order chi connectivity index (χ1) is 18.7. The van der Waals surface area contributed by atoms with Crippen LogP contribution in [-0.2, 0) is 32.1 Å². The highest BCUT2D eigenvalue weighted by Crippen LogP contribution is 2.22. The Morgan fingerprint density at radius 3 is 2.33 bits per heavy atom. The number of amides is 3. The fourth-order valence-corrected chi connectivity index (χ4v) is 4.66. The summed E-state index contributed by atoms with van der Waals surface area (Å²) in [6.45, 7) is 2.35. The maximum atomic E-state index is 13.7. The molecule has 0 spiro atoms. The second-order valence-corrected chi connectivity index (χ2v) is 10.0. The van der Waals surface area contributed by atoms with Gasteiger partial charge in [-0.3, -0.25) is 9.59 Å². The molecule has 0 aromatic heterocycles. The van der Waals surface area contributed by atoms with Gasteiger partial charge in [0.1, 0.15) is 18.7 Å². The first-order valence-corrected chi connectivity index (χ1v) is 13.2. The molecule has 39 heavy (non-hydrogen) atoms. The molecule has 2 aromatic rings. The minimum absolute atomic E-state index is 0.0544. The summed E-state index contributed by atoms with van der Waals surface area (Å²) in [5.41, 5.74) is 0.346. The summed E-state index contributed by atoms with van der Waals surface area (Å²) in [7, 11) is -0.249. The van der Waals surface area contributed by atoms with E-state index in [1.54, 1.807) is 14.0 Å². The Morgan fingerprint density at radius 1 is 1.08 bits per heavy atom. The van der Waals surface area contributed by atoms with E-state index >= 15 is 0 Å². The van der Waals surface area contributed by atoms with Crippen LogP contribution in [0.1, 0.15) is 43.7 Å². The molecular weight excluding hydrogens is 501 g/mol. The molecule has 1 heterocycles. The average Bonchev–Trinajstić information content (AvgIpc) is 3.43. The Labute approximate surface area is 229 Å². The predicted molar refractivity (Wildman–Crippen MR) is 146 cm³/mol. The van der Waals surface area contributed by atoms with Crippen LogP contribution in [0.4, 0.5) is 4.79 Å². The fraction of sp³-hybridized carbons (Fsp3) is 0.464. The van der Waals surface area contributed by atoms with E-state index in [9.17, 15) is 24.4 Å². The Balaban J connectivity index is 1.72. The SMILES string of the molecule is COCCC[C@@](C)(NC(=O)[C@@H]1CCCN1C(=O)[C@@H](Cc1ccccc1)NC(=O)OCc1ccccc1)B(O)O. The monoisotopic (exact) mass is 539 g/mol. The standard InChI is InChI=1S/C28H38BN3O7/c1-28(29(36)37,16-10-18-38-2)31-25(33)24-15-9-17-32(24)26(34)23(19-21-11-5-3-6-12-21)30-27(35)39-20-22-13-7-4-8-14-22/h3-8,11-14,23-24,36-37H,9-10,15-20H2,1-2H3,(H,30,35)(H,31,33)/t23-,24+,28-/m1/s1. The molecule has 210 valence electrons. The van der Waals surface area contributed by atoms with Crippen molar-refractivity contribution in [1.82, 2.24) is 15.5 Å². The lowest BCUT2D eigenvalue weighted by molar-refractivity contribution is -0.140. The summed E-state index contributed by atoms with van der Waals surface area (Å²) in [5.74, 6) is -0.877. The number of likely N-dealkylation sites (tertiary alicyclic amines) is 1. The smallest absolute Gasteiger partial charge is 0.445 e. The molecule has 0 saturated carbocycles. The van der Waals surface area contributed by atoms with Gasteiger partial charge in [-0.25, -0.2) is 4.79 Å². The zero-order valence-corrected chi connectivity index (χ0v) is 22.5. The largest absolute Gasteiger partial charge is 0.478 e. The summed E-state index contributed by atoms with van der Waals surface area (Å²) in [6.07, 6.45) is 1.28. The maximum absolute atomic E-state index is 13.7. The van der Waals surface area contributed by atoms with Crippen LogP contribution in [0.2, 0.25) is 0 Å². The third-order valence-corrected chi connectivity index (χ3v) is 6.95. The molecule has 1 fully saturated rings. The Kier molecular flexibility index (Phi) is 11.3. The maximum Gasteiger partial charge on any atom is 0.478 e. The van der Waals surface area contributed by atoms with Crippen LogP contribution < -0.4 is 10.6 Å². The van der Waals surface area contributed by atoms with E-state index in [1.807, 2.05) is 60.7 Å². The van der Waals surface area contributed by atoms with Crippen molar-refractivity contribution in [3.63, 3.8) is 0 Å². The number of carbonyl (C=O) groups excluding carboxylic acids is 3. The number of hydrogen-bond acceptors (Lipinski definition) is 7. The van der Waals surface area contributed by atoms with Gasteiger partial charge in [0.05, 0.1) is 5.44 Å². The van der Waals surface area contributed by atoms with Crippen molar-refractivity contribution < 1.29 is 33.9 Å². The van der Waals surface area contributed by atoms with Crippen LogP contribution in [0, 0.1) is 0 Å². The van der Waals surface area contributed by atoms with Gasteiger partial charge in [-0.2, -0.15) is 0 Å².